The highest BCUT2D eigenvalue weighted by atomic mass is 15.2. The third-order valence-corrected chi connectivity index (χ3v) is 2.95. The Morgan fingerprint density at radius 1 is 1.06 bits per heavy atom. The van der Waals surface area contributed by atoms with Gasteiger partial charge >= 0.3 is 0 Å². The molecule has 1 aliphatic heterocycles. The van der Waals surface area contributed by atoms with Crippen LogP contribution in [0.3, 0.4) is 0 Å². The molecule has 0 saturated carbocycles. The van der Waals surface area contributed by atoms with E-state index in [1.165, 1.54) is 0 Å². The van der Waals surface area contributed by atoms with Gasteiger partial charge in [-0.25, -0.2) is 9.97 Å². The number of anilines is 1. The van der Waals surface area contributed by atoms with Crippen molar-refractivity contribution in [3.05, 3.63) is 36.8 Å². The molecule has 3 rings (SSSR count). The zero-order chi connectivity index (χ0) is 11.5. The molecule has 0 saturated heterocycles. The van der Waals surface area contributed by atoms with Crippen molar-refractivity contribution in [2.24, 2.45) is 0 Å². The van der Waals surface area contributed by atoms with Crippen molar-refractivity contribution in [1.29, 1.82) is 0 Å². The first-order chi connectivity index (χ1) is 8.43. The van der Waals surface area contributed by atoms with Crippen LogP contribution < -0.4 is 4.90 Å². The number of hydrogen-bond donors (Lipinski definition) is 0. The molecule has 0 bridgehead atoms. The Bertz CT molecular complexity index is 540. The van der Waals surface area contributed by atoms with Crippen LogP contribution in [0.15, 0.2) is 36.8 Å². The van der Waals surface area contributed by atoms with Gasteiger partial charge in [0, 0.05) is 37.1 Å². The molecule has 0 fully saturated rings. The fraction of sp³-hybridized carbons (Fsp3) is 0.308. The molecular weight excluding hydrogens is 212 g/mol. The summed E-state index contributed by atoms with van der Waals surface area (Å²) in [5, 5.41) is 0.990. The molecule has 0 N–H and O–H groups in total. The van der Waals surface area contributed by atoms with Crippen molar-refractivity contribution in [1.82, 2.24) is 15.0 Å². The lowest BCUT2D eigenvalue weighted by Crippen LogP contribution is -2.26. The first kappa shape index (κ1) is 10.2. The number of pyridine rings is 1. The van der Waals surface area contributed by atoms with E-state index in [-0.39, 0.29) is 0 Å². The predicted octanol–water partition coefficient (Wildman–Crippen LogP) is 2.18. The van der Waals surface area contributed by atoms with Crippen LogP contribution in [0.5, 0.6) is 0 Å². The molecule has 4 heteroatoms. The Morgan fingerprint density at radius 3 is 2.71 bits per heavy atom. The van der Waals surface area contributed by atoms with Gasteiger partial charge in [-0.1, -0.05) is 12.2 Å². The van der Waals surface area contributed by atoms with E-state index < -0.39 is 0 Å². The minimum absolute atomic E-state index is 0.826. The minimum atomic E-state index is 0.826. The summed E-state index contributed by atoms with van der Waals surface area (Å²) in [6.07, 6.45) is 12.0. The van der Waals surface area contributed by atoms with Crippen molar-refractivity contribution in [3.63, 3.8) is 0 Å². The van der Waals surface area contributed by atoms with Crippen molar-refractivity contribution < 1.29 is 0 Å². The third-order valence-electron chi connectivity index (χ3n) is 2.95. The molecule has 0 radical (unpaired) electrons. The molecule has 2 aromatic heterocycles. The zero-order valence-electron chi connectivity index (χ0n) is 9.58. The molecule has 0 aliphatic carbocycles. The summed E-state index contributed by atoms with van der Waals surface area (Å²) in [7, 11) is 0. The molecule has 4 nitrogen and oxygen atoms in total. The van der Waals surface area contributed by atoms with Crippen LogP contribution in [-0.4, -0.2) is 28.0 Å². The van der Waals surface area contributed by atoms with Gasteiger partial charge in [-0.15, -0.1) is 0 Å². The average Bonchev–Trinajstić information content (AvgIpc) is 2.67. The van der Waals surface area contributed by atoms with Crippen molar-refractivity contribution in [2.75, 3.05) is 18.0 Å². The van der Waals surface area contributed by atoms with Crippen molar-refractivity contribution in [2.45, 2.75) is 12.8 Å². The summed E-state index contributed by atoms with van der Waals surface area (Å²) < 4.78 is 0. The van der Waals surface area contributed by atoms with E-state index in [0.717, 1.165) is 42.8 Å². The van der Waals surface area contributed by atoms with Crippen LogP contribution in [0.4, 0.5) is 5.95 Å². The second-order valence-corrected chi connectivity index (χ2v) is 4.14. The Hall–Kier alpha value is -1.97. The van der Waals surface area contributed by atoms with E-state index in [9.17, 15) is 0 Å². The largest absolute Gasteiger partial charge is 0.340 e. The number of nitrogens with zero attached hydrogens (tertiary/aromatic N) is 4. The highest BCUT2D eigenvalue weighted by molar-refractivity contribution is 5.77. The highest BCUT2D eigenvalue weighted by Crippen LogP contribution is 2.15. The average molecular weight is 226 g/mol. The van der Waals surface area contributed by atoms with Gasteiger partial charge in [0.15, 0.2) is 0 Å². The molecule has 0 amide bonds. The quantitative estimate of drug-likeness (QED) is 0.699. The lowest BCUT2D eigenvalue weighted by molar-refractivity contribution is 0.781. The van der Waals surface area contributed by atoms with Crippen LogP contribution in [0, 0.1) is 0 Å². The summed E-state index contributed by atoms with van der Waals surface area (Å²) in [6, 6.07) is 1.93. The van der Waals surface area contributed by atoms with E-state index in [0.29, 0.717) is 0 Å². The summed E-state index contributed by atoms with van der Waals surface area (Å²) in [5.41, 5.74) is 0.960. The third kappa shape index (κ3) is 2.11. The van der Waals surface area contributed by atoms with E-state index in [1.54, 1.807) is 12.4 Å². The van der Waals surface area contributed by atoms with Crippen LogP contribution >= 0.6 is 0 Å². The van der Waals surface area contributed by atoms with Crippen LogP contribution in [-0.2, 0) is 0 Å². The predicted molar refractivity (Wildman–Crippen MR) is 67.9 cm³/mol. The number of hydrogen-bond acceptors (Lipinski definition) is 4. The second-order valence-electron chi connectivity index (χ2n) is 4.14. The molecule has 1 aliphatic rings. The van der Waals surface area contributed by atoms with Gasteiger partial charge in [0.25, 0.3) is 0 Å². The fourth-order valence-corrected chi connectivity index (χ4v) is 2.03. The van der Waals surface area contributed by atoms with E-state index in [1.807, 2.05) is 12.3 Å². The Kier molecular flexibility index (Phi) is 2.69. The Balaban J connectivity index is 1.94. The zero-order valence-corrected chi connectivity index (χ0v) is 9.58. The molecular formula is C13H14N4. The maximum atomic E-state index is 4.59. The Labute approximate surface area is 100 Å². The SMILES string of the molecule is C1=CCCN(c2ncc3cnccc3n2)CC1. The van der Waals surface area contributed by atoms with Crippen LogP contribution in [0.1, 0.15) is 12.8 Å². The molecule has 0 spiro atoms. The molecule has 0 aromatic carbocycles. The standard InChI is InChI=1S/C13H14N4/c1-2-4-8-17(7-3-1)13-15-10-11-9-14-6-5-12(11)16-13/h1-2,5-6,9-10H,3-4,7-8H2. The molecule has 2 aromatic rings. The summed E-state index contributed by atoms with van der Waals surface area (Å²) in [6.45, 7) is 1.99. The summed E-state index contributed by atoms with van der Waals surface area (Å²) in [5.74, 6) is 0.826. The van der Waals surface area contributed by atoms with Crippen molar-refractivity contribution >= 4 is 16.9 Å². The van der Waals surface area contributed by atoms with Gasteiger partial charge in [-0.2, -0.15) is 0 Å². The van der Waals surface area contributed by atoms with E-state index in [2.05, 4.69) is 32.0 Å². The molecule has 0 unspecified atom stereocenters. The lowest BCUT2D eigenvalue weighted by Gasteiger charge is -2.19. The smallest absolute Gasteiger partial charge is 0.225 e. The normalized spacial score (nSPS) is 16.1. The fourth-order valence-electron chi connectivity index (χ4n) is 2.03. The maximum absolute atomic E-state index is 4.59. The molecule has 17 heavy (non-hydrogen) atoms. The first-order valence-corrected chi connectivity index (χ1v) is 5.90. The monoisotopic (exact) mass is 226 g/mol. The first-order valence-electron chi connectivity index (χ1n) is 5.90. The Morgan fingerprint density at radius 2 is 1.88 bits per heavy atom. The lowest BCUT2D eigenvalue weighted by atomic mass is 10.3. The van der Waals surface area contributed by atoms with Crippen LogP contribution in [0.2, 0.25) is 0 Å². The van der Waals surface area contributed by atoms with Gasteiger partial charge < -0.3 is 4.90 Å². The van der Waals surface area contributed by atoms with Crippen LogP contribution in [0.25, 0.3) is 10.9 Å². The summed E-state index contributed by atoms with van der Waals surface area (Å²) >= 11 is 0. The van der Waals surface area contributed by atoms with Gasteiger partial charge in [0.2, 0.25) is 5.95 Å². The second kappa shape index (κ2) is 4.49. The van der Waals surface area contributed by atoms with Gasteiger partial charge in [-0.3, -0.25) is 4.98 Å². The van der Waals surface area contributed by atoms with Crippen molar-refractivity contribution in [3.8, 4) is 0 Å². The van der Waals surface area contributed by atoms with Gasteiger partial charge in [-0.05, 0) is 18.9 Å². The van der Waals surface area contributed by atoms with Gasteiger partial charge in [0.1, 0.15) is 0 Å². The molecule has 86 valence electrons. The van der Waals surface area contributed by atoms with Gasteiger partial charge in [0.05, 0.1) is 5.52 Å². The topological polar surface area (TPSA) is 41.9 Å². The molecule has 3 heterocycles. The van der Waals surface area contributed by atoms with E-state index in [4.69, 9.17) is 0 Å². The molecule has 0 atom stereocenters. The maximum Gasteiger partial charge on any atom is 0.225 e. The van der Waals surface area contributed by atoms with E-state index >= 15 is 0 Å². The number of aromatic nitrogens is 3. The summed E-state index contributed by atoms with van der Waals surface area (Å²) in [4.78, 5) is 15.3. The number of fused-ring (bicyclic) bond motifs is 1. The highest BCUT2D eigenvalue weighted by Gasteiger charge is 2.10. The number of rotatable bonds is 1. The minimum Gasteiger partial charge on any atom is -0.340 e.